The molecule has 0 bridgehead atoms. The third-order valence-corrected chi connectivity index (χ3v) is 4.95. The zero-order valence-corrected chi connectivity index (χ0v) is 14.2. The summed E-state index contributed by atoms with van der Waals surface area (Å²) < 4.78 is 16.4. The van der Waals surface area contributed by atoms with Crippen molar-refractivity contribution >= 4 is 22.9 Å². The molecule has 1 fully saturated rings. The molecule has 6 nitrogen and oxygen atoms in total. The molecule has 26 heavy (non-hydrogen) atoms. The van der Waals surface area contributed by atoms with Gasteiger partial charge in [0.25, 0.3) is 0 Å². The first-order valence-corrected chi connectivity index (χ1v) is 8.76. The maximum atomic E-state index is 12.8. The lowest BCUT2D eigenvalue weighted by atomic mass is 9.95. The molecule has 132 valence electrons. The molecule has 0 N–H and O–H groups in total. The lowest BCUT2D eigenvalue weighted by molar-refractivity contribution is 0.1000. The predicted octanol–water partition coefficient (Wildman–Crippen LogP) is 2.96. The summed E-state index contributed by atoms with van der Waals surface area (Å²) in [5.74, 6) is 1.45. The standard InChI is InChI=1S/C20H18N2O4/c23-18-11-17(14-2-1-3-19-20(14)26-12-25-19)21-16-5-4-13(10-15(16)18)22-6-8-24-9-7-22/h1-5,10H,6-9,11-12H2. The molecule has 3 heterocycles. The normalized spacial score (nSPS) is 18.5. The number of carbonyl (C=O) groups excluding carboxylic acids is 1. The van der Waals surface area contributed by atoms with E-state index in [-0.39, 0.29) is 19.0 Å². The SMILES string of the molecule is O=C1CC(c2cccc3c2OCO3)=Nc2ccc(N3CCOCC3)cc21. The number of hydrogen-bond acceptors (Lipinski definition) is 6. The quantitative estimate of drug-likeness (QED) is 0.833. The molecule has 0 saturated carbocycles. The number of carbonyl (C=O) groups is 1. The molecule has 3 aliphatic rings. The number of rotatable bonds is 2. The number of ether oxygens (including phenoxy) is 3. The van der Waals surface area contributed by atoms with Gasteiger partial charge in [0, 0.05) is 29.9 Å². The molecule has 6 heteroatoms. The van der Waals surface area contributed by atoms with Crippen molar-refractivity contribution in [1.82, 2.24) is 0 Å². The molecule has 0 atom stereocenters. The van der Waals surface area contributed by atoms with Crippen molar-refractivity contribution in [2.24, 2.45) is 4.99 Å². The van der Waals surface area contributed by atoms with Gasteiger partial charge in [-0.15, -0.1) is 0 Å². The number of hydrogen-bond donors (Lipinski definition) is 0. The van der Waals surface area contributed by atoms with Gasteiger partial charge >= 0.3 is 0 Å². The monoisotopic (exact) mass is 350 g/mol. The fraction of sp³-hybridized carbons (Fsp3) is 0.300. The molecule has 0 aliphatic carbocycles. The highest BCUT2D eigenvalue weighted by atomic mass is 16.7. The fourth-order valence-electron chi connectivity index (χ4n) is 3.61. The Morgan fingerprint density at radius 1 is 1.00 bits per heavy atom. The largest absolute Gasteiger partial charge is 0.454 e. The van der Waals surface area contributed by atoms with Crippen molar-refractivity contribution in [1.29, 1.82) is 0 Å². The maximum absolute atomic E-state index is 12.8. The van der Waals surface area contributed by atoms with E-state index < -0.39 is 0 Å². The van der Waals surface area contributed by atoms with E-state index in [4.69, 9.17) is 19.2 Å². The van der Waals surface area contributed by atoms with Crippen LogP contribution in [-0.4, -0.2) is 44.6 Å². The average molecular weight is 350 g/mol. The van der Waals surface area contributed by atoms with E-state index in [1.807, 2.05) is 36.4 Å². The summed E-state index contributed by atoms with van der Waals surface area (Å²) in [5, 5.41) is 0. The van der Waals surface area contributed by atoms with Crippen LogP contribution >= 0.6 is 0 Å². The van der Waals surface area contributed by atoms with Crippen LogP contribution in [0, 0.1) is 0 Å². The first-order chi connectivity index (χ1) is 12.8. The smallest absolute Gasteiger partial charge is 0.231 e. The van der Waals surface area contributed by atoms with Crippen LogP contribution in [0.15, 0.2) is 41.4 Å². The molecule has 1 saturated heterocycles. The van der Waals surface area contributed by atoms with Crippen molar-refractivity contribution < 1.29 is 19.0 Å². The molecule has 3 aliphatic heterocycles. The highest BCUT2D eigenvalue weighted by Crippen LogP contribution is 2.39. The molecule has 2 aromatic rings. The van der Waals surface area contributed by atoms with Gasteiger partial charge in [-0.1, -0.05) is 6.07 Å². The third-order valence-electron chi connectivity index (χ3n) is 4.95. The van der Waals surface area contributed by atoms with Crippen LogP contribution in [0.4, 0.5) is 11.4 Å². The van der Waals surface area contributed by atoms with E-state index in [2.05, 4.69) is 4.90 Å². The third kappa shape index (κ3) is 2.54. The predicted molar refractivity (Wildman–Crippen MR) is 97.2 cm³/mol. The van der Waals surface area contributed by atoms with Crippen molar-refractivity contribution in [2.45, 2.75) is 6.42 Å². The summed E-state index contributed by atoms with van der Waals surface area (Å²) in [6, 6.07) is 11.6. The van der Waals surface area contributed by atoms with Crippen LogP contribution < -0.4 is 14.4 Å². The minimum atomic E-state index is 0.0802. The fourth-order valence-corrected chi connectivity index (χ4v) is 3.61. The first-order valence-electron chi connectivity index (χ1n) is 8.76. The Morgan fingerprint density at radius 3 is 2.77 bits per heavy atom. The number of ketones is 1. The van der Waals surface area contributed by atoms with Crippen LogP contribution in [0.2, 0.25) is 0 Å². The van der Waals surface area contributed by atoms with Crippen molar-refractivity contribution in [3.63, 3.8) is 0 Å². The molecule has 2 aromatic carbocycles. The van der Waals surface area contributed by atoms with Gasteiger partial charge < -0.3 is 19.1 Å². The zero-order chi connectivity index (χ0) is 17.5. The summed E-state index contributed by atoms with van der Waals surface area (Å²) in [6.45, 7) is 3.32. The average Bonchev–Trinajstić information content (AvgIpc) is 3.17. The maximum Gasteiger partial charge on any atom is 0.231 e. The Bertz CT molecular complexity index is 916. The Hall–Kier alpha value is -2.86. The minimum absolute atomic E-state index is 0.0802. The molecular weight excluding hydrogens is 332 g/mol. The van der Waals surface area contributed by atoms with Crippen LogP contribution in [0.1, 0.15) is 22.3 Å². The van der Waals surface area contributed by atoms with Gasteiger partial charge in [0.2, 0.25) is 6.79 Å². The van der Waals surface area contributed by atoms with E-state index in [0.717, 1.165) is 30.1 Å². The number of nitrogens with zero attached hydrogens (tertiary/aromatic N) is 2. The molecule has 0 aromatic heterocycles. The van der Waals surface area contributed by atoms with Crippen LogP contribution in [0.5, 0.6) is 11.5 Å². The van der Waals surface area contributed by atoms with Gasteiger partial charge in [-0.05, 0) is 30.3 Å². The van der Waals surface area contributed by atoms with E-state index in [9.17, 15) is 4.79 Å². The van der Waals surface area contributed by atoms with Crippen LogP contribution in [0.25, 0.3) is 0 Å². The molecule has 5 rings (SSSR count). The van der Waals surface area contributed by atoms with Crippen molar-refractivity contribution in [3.8, 4) is 11.5 Å². The number of aliphatic imine (C=N–C) groups is 1. The van der Waals surface area contributed by atoms with Gasteiger partial charge in [-0.25, -0.2) is 0 Å². The summed E-state index contributed by atoms with van der Waals surface area (Å²) in [6.07, 6.45) is 0.263. The number of morpholine rings is 1. The van der Waals surface area contributed by atoms with Crippen molar-refractivity contribution in [2.75, 3.05) is 38.0 Å². The highest BCUT2D eigenvalue weighted by molar-refractivity contribution is 6.22. The number of Topliss-reactive ketones (excluding diaryl/α,β-unsaturated/α-hetero) is 1. The van der Waals surface area contributed by atoms with E-state index in [1.165, 1.54) is 0 Å². The lowest BCUT2D eigenvalue weighted by Gasteiger charge is -2.29. The van der Waals surface area contributed by atoms with Gasteiger partial charge in [0.15, 0.2) is 17.3 Å². The van der Waals surface area contributed by atoms with Gasteiger partial charge in [0.05, 0.1) is 31.0 Å². The number of para-hydroxylation sites is 1. The summed E-state index contributed by atoms with van der Waals surface area (Å²) in [7, 11) is 0. The Balaban J connectivity index is 1.52. The molecule has 0 amide bonds. The first kappa shape index (κ1) is 15.4. The molecule has 0 unspecified atom stereocenters. The summed E-state index contributed by atoms with van der Waals surface area (Å²) >= 11 is 0. The van der Waals surface area contributed by atoms with Crippen molar-refractivity contribution in [3.05, 3.63) is 47.5 Å². The van der Waals surface area contributed by atoms with Gasteiger partial charge in [-0.2, -0.15) is 0 Å². The Morgan fingerprint density at radius 2 is 1.88 bits per heavy atom. The lowest BCUT2D eigenvalue weighted by Crippen LogP contribution is -2.36. The Kier molecular flexibility index (Phi) is 3.64. The highest BCUT2D eigenvalue weighted by Gasteiger charge is 2.27. The van der Waals surface area contributed by atoms with E-state index in [0.29, 0.717) is 36.0 Å². The van der Waals surface area contributed by atoms with Gasteiger partial charge in [-0.3, -0.25) is 9.79 Å². The second-order valence-corrected chi connectivity index (χ2v) is 6.50. The van der Waals surface area contributed by atoms with Crippen LogP contribution in [0.3, 0.4) is 0 Å². The topological polar surface area (TPSA) is 60.4 Å². The second-order valence-electron chi connectivity index (χ2n) is 6.50. The Labute approximate surface area is 151 Å². The zero-order valence-electron chi connectivity index (χ0n) is 14.2. The molecular formula is C20H18N2O4. The van der Waals surface area contributed by atoms with E-state index in [1.54, 1.807) is 0 Å². The summed E-state index contributed by atoms with van der Waals surface area (Å²) in [4.78, 5) is 19.8. The number of anilines is 1. The van der Waals surface area contributed by atoms with E-state index >= 15 is 0 Å². The number of benzene rings is 2. The summed E-state index contributed by atoms with van der Waals surface area (Å²) in [5.41, 5.74) is 4.00. The second kappa shape index (κ2) is 6.14. The number of fused-ring (bicyclic) bond motifs is 2. The van der Waals surface area contributed by atoms with Crippen LogP contribution in [-0.2, 0) is 4.74 Å². The molecule has 0 radical (unpaired) electrons. The van der Waals surface area contributed by atoms with Gasteiger partial charge in [0.1, 0.15) is 0 Å². The molecule has 0 spiro atoms. The minimum Gasteiger partial charge on any atom is -0.454 e.